The van der Waals surface area contributed by atoms with E-state index in [-0.39, 0.29) is 17.3 Å². The third kappa shape index (κ3) is 9.57. The van der Waals surface area contributed by atoms with Crippen molar-refractivity contribution in [1.29, 1.82) is 0 Å². The third-order valence-corrected chi connectivity index (χ3v) is 7.67. The van der Waals surface area contributed by atoms with Crippen LogP contribution in [0.15, 0.2) is 12.1 Å². The normalized spacial score (nSPS) is 17.5. The minimum Gasteiger partial charge on any atom is -0.496 e. The Kier molecular flexibility index (Phi) is 14.3. The molecule has 1 aliphatic heterocycles. The molecule has 0 aromatic heterocycles. The van der Waals surface area contributed by atoms with Crippen LogP contribution < -0.4 is 24.8 Å². The van der Waals surface area contributed by atoms with E-state index < -0.39 is 0 Å². The molecule has 34 heavy (non-hydrogen) atoms. The number of methoxy groups -OCH3 is 3. The van der Waals surface area contributed by atoms with Crippen molar-refractivity contribution in [2.45, 2.75) is 95.4 Å². The summed E-state index contributed by atoms with van der Waals surface area (Å²) in [5.74, 6) is 2.85. The zero-order chi connectivity index (χ0) is 24.6. The van der Waals surface area contributed by atoms with Gasteiger partial charge in [0.05, 0.1) is 38.3 Å². The van der Waals surface area contributed by atoms with Gasteiger partial charge in [-0.15, -0.1) is 11.8 Å². The van der Waals surface area contributed by atoms with Crippen LogP contribution in [0.3, 0.4) is 0 Å². The summed E-state index contributed by atoms with van der Waals surface area (Å²) in [5.41, 5.74) is 0.909. The number of unbranched alkanes of at least 4 members (excludes halogenated alkanes) is 11. The summed E-state index contributed by atoms with van der Waals surface area (Å²) in [6.07, 6.45) is 15.9. The van der Waals surface area contributed by atoms with Crippen LogP contribution in [0.5, 0.6) is 17.2 Å². The maximum Gasteiger partial charge on any atom is 0.238 e. The van der Waals surface area contributed by atoms with E-state index in [1.165, 1.54) is 70.6 Å². The molecule has 0 spiro atoms. The first-order valence-electron chi connectivity index (χ1n) is 13.1. The lowest BCUT2D eigenvalue weighted by atomic mass is 10.1. The molecule has 1 aromatic rings. The van der Waals surface area contributed by atoms with Crippen molar-refractivity contribution in [2.24, 2.45) is 0 Å². The summed E-state index contributed by atoms with van der Waals surface area (Å²) in [5, 5.41) is 6.48. The fourth-order valence-corrected chi connectivity index (χ4v) is 5.67. The van der Waals surface area contributed by atoms with Gasteiger partial charge < -0.3 is 19.5 Å². The van der Waals surface area contributed by atoms with E-state index in [9.17, 15) is 4.79 Å². The molecular formula is C27H46N2O4S. The summed E-state index contributed by atoms with van der Waals surface area (Å²) in [6.45, 7) is 3.02. The number of nitrogens with one attached hydrogen (secondary N) is 2. The molecule has 0 aliphatic carbocycles. The first-order valence-corrected chi connectivity index (χ1v) is 14.1. The molecule has 2 N–H and O–H groups in total. The van der Waals surface area contributed by atoms with Crippen LogP contribution in [0.1, 0.15) is 94.9 Å². The van der Waals surface area contributed by atoms with Gasteiger partial charge in [0.15, 0.2) is 0 Å². The second-order valence-electron chi connectivity index (χ2n) is 9.06. The Balaban J connectivity index is 1.62. The van der Waals surface area contributed by atoms with Crippen molar-refractivity contribution in [3.63, 3.8) is 0 Å². The van der Waals surface area contributed by atoms with Crippen LogP contribution in [-0.4, -0.2) is 45.6 Å². The molecule has 1 fully saturated rings. The largest absolute Gasteiger partial charge is 0.496 e. The molecule has 1 aliphatic rings. The van der Waals surface area contributed by atoms with E-state index in [0.29, 0.717) is 23.0 Å². The van der Waals surface area contributed by atoms with Gasteiger partial charge >= 0.3 is 0 Å². The number of amides is 1. The Hall–Kier alpha value is -1.60. The summed E-state index contributed by atoms with van der Waals surface area (Å²) >= 11 is 1.69. The van der Waals surface area contributed by atoms with Crippen LogP contribution in [0.2, 0.25) is 0 Å². The van der Waals surface area contributed by atoms with E-state index >= 15 is 0 Å². The first-order chi connectivity index (χ1) is 16.6. The summed E-state index contributed by atoms with van der Waals surface area (Å²) in [7, 11) is 4.89. The molecular weight excluding hydrogens is 448 g/mol. The molecule has 1 aromatic carbocycles. The monoisotopic (exact) mass is 494 g/mol. The van der Waals surface area contributed by atoms with Crippen molar-refractivity contribution in [2.75, 3.05) is 33.6 Å². The standard InChI is InChI=1S/C27H46N2O4S/c1-5-6-7-8-9-10-11-12-13-14-15-16-17-28-26(30)22-20-34-27(29-22)25-23(32-3)18-21(31-2)19-24(25)33-4/h18-19,22,27,29H,5-17,20H2,1-4H3,(H,28,30)/t22-,27?/m1/s1. The van der Waals surface area contributed by atoms with Gasteiger partial charge in [-0.3, -0.25) is 10.1 Å². The average Bonchev–Trinajstić information content (AvgIpc) is 3.35. The van der Waals surface area contributed by atoms with Crippen molar-refractivity contribution in [1.82, 2.24) is 10.6 Å². The number of benzene rings is 1. The maximum atomic E-state index is 12.7. The van der Waals surface area contributed by atoms with Gasteiger partial charge in [0.2, 0.25) is 5.91 Å². The zero-order valence-corrected chi connectivity index (χ0v) is 22.6. The molecule has 1 heterocycles. The van der Waals surface area contributed by atoms with E-state index in [0.717, 1.165) is 18.5 Å². The van der Waals surface area contributed by atoms with Gasteiger partial charge in [0, 0.05) is 24.4 Å². The Morgan fingerprint density at radius 3 is 1.91 bits per heavy atom. The fourth-order valence-electron chi connectivity index (χ4n) is 4.38. The molecule has 2 atom stereocenters. The minimum atomic E-state index is -0.219. The molecule has 0 radical (unpaired) electrons. The molecule has 1 amide bonds. The van der Waals surface area contributed by atoms with Crippen LogP contribution in [0.25, 0.3) is 0 Å². The second kappa shape index (κ2) is 16.9. The average molecular weight is 495 g/mol. The van der Waals surface area contributed by atoms with E-state index in [1.54, 1.807) is 33.1 Å². The highest BCUT2D eigenvalue weighted by atomic mass is 32.2. The lowest BCUT2D eigenvalue weighted by molar-refractivity contribution is -0.122. The number of thioether (sulfide) groups is 1. The summed E-state index contributed by atoms with van der Waals surface area (Å²) < 4.78 is 16.5. The Labute approximate surface area is 211 Å². The SMILES string of the molecule is CCCCCCCCCCCCCCNC(=O)[C@H]1CSC(c2c(OC)cc(OC)cc2OC)N1. The Bertz CT molecular complexity index is 691. The Morgan fingerprint density at radius 1 is 0.882 bits per heavy atom. The molecule has 2 rings (SSSR count). The maximum absolute atomic E-state index is 12.7. The van der Waals surface area contributed by atoms with Gasteiger partial charge in [-0.05, 0) is 6.42 Å². The van der Waals surface area contributed by atoms with Gasteiger partial charge in [0.1, 0.15) is 17.2 Å². The number of rotatable bonds is 18. The van der Waals surface area contributed by atoms with Crippen molar-refractivity contribution < 1.29 is 19.0 Å². The molecule has 0 saturated carbocycles. The molecule has 6 nitrogen and oxygen atoms in total. The van der Waals surface area contributed by atoms with Gasteiger partial charge in [-0.1, -0.05) is 77.6 Å². The smallest absolute Gasteiger partial charge is 0.238 e. The topological polar surface area (TPSA) is 68.8 Å². The lowest BCUT2D eigenvalue weighted by Gasteiger charge is -2.20. The Morgan fingerprint density at radius 2 is 1.41 bits per heavy atom. The van der Waals surface area contributed by atoms with Gasteiger partial charge in [-0.2, -0.15) is 0 Å². The zero-order valence-electron chi connectivity index (χ0n) is 21.8. The van der Waals surface area contributed by atoms with Crippen molar-refractivity contribution >= 4 is 17.7 Å². The summed E-state index contributed by atoms with van der Waals surface area (Å²) in [6, 6.07) is 3.48. The molecule has 1 saturated heterocycles. The quantitative estimate of drug-likeness (QED) is 0.236. The fraction of sp³-hybridized carbons (Fsp3) is 0.741. The highest BCUT2D eigenvalue weighted by molar-refractivity contribution is 7.99. The van der Waals surface area contributed by atoms with Gasteiger partial charge in [-0.25, -0.2) is 0 Å². The van der Waals surface area contributed by atoms with E-state index in [1.807, 2.05) is 12.1 Å². The van der Waals surface area contributed by atoms with Gasteiger partial charge in [0.25, 0.3) is 0 Å². The highest BCUT2D eigenvalue weighted by Crippen LogP contribution is 2.44. The van der Waals surface area contributed by atoms with Crippen LogP contribution in [-0.2, 0) is 4.79 Å². The molecule has 7 heteroatoms. The molecule has 1 unspecified atom stereocenters. The molecule has 0 bridgehead atoms. The van der Waals surface area contributed by atoms with Crippen LogP contribution in [0, 0.1) is 0 Å². The first kappa shape index (κ1) is 28.6. The highest BCUT2D eigenvalue weighted by Gasteiger charge is 2.34. The number of carbonyl (C=O) groups excluding carboxylic acids is 1. The molecule has 194 valence electrons. The minimum absolute atomic E-state index is 0.0711. The predicted molar refractivity (Wildman–Crippen MR) is 142 cm³/mol. The second-order valence-corrected chi connectivity index (χ2v) is 10.2. The van der Waals surface area contributed by atoms with E-state index in [4.69, 9.17) is 14.2 Å². The summed E-state index contributed by atoms with van der Waals surface area (Å²) in [4.78, 5) is 12.7. The van der Waals surface area contributed by atoms with E-state index in [2.05, 4.69) is 17.6 Å². The van der Waals surface area contributed by atoms with Crippen molar-refractivity contribution in [3.05, 3.63) is 17.7 Å². The number of carbonyl (C=O) groups is 1. The predicted octanol–water partition coefficient (Wildman–Crippen LogP) is 6.23. The lowest BCUT2D eigenvalue weighted by Crippen LogP contribution is -2.42. The number of hydrogen-bond donors (Lipinski definition) is 2. The van der Waals surface area contributed by atoms with Crippen LogP contribution in [0.4, 0.5) is 0 Å². The van der Waals surface area contributed by atoms with Crippen molar-refractivity contribution in [3.8, 4) is 17.2 Å². The number of hydrogen-bond acceptors (Lipinski definition) is 6. The third-order valence-electron chi connectivity index (χ3n) is 6.44. The van der Waals surface area contributed by atoms with Crippen LogP contribution >= 0.6 is 11.8 Å². The number of ether oxygens (including phenoxy) is 3.